The number of pyridine rings is 1. The lowest BCUT2D eigenvalue weighted by atomic mass is 10.2. The molecule has 0 aliphatic rings. The number of halogens is 3. The zero-order valence-electron chi connectivity index (χ0n) is 8.62. The Kier molecular flexibility index (Phi) is 5.23. The molecular formula is C12H10Cl2FN. The Balaban J connectivity index is 0.000000165. The third-order valence-electron chi connectivity index (χ3n) is 1.76. The van der Waals surface area contributed by atoms with Gasteiger partial charge in [-0.25, -0.2) is 9.37 Å². The summed E-state index contributed by atoms with van der Waals surface area (Å²) in [5.41, 5.74) is 0.901. The molecule has 1 aromatic heterocycles. The van der Waals surface area contributed by atoms with E-state index in [1.807, 2.05) is 19.1 Å². The fraction of sp³-hybridized carbons (Fsp3) is 0.0833. The van der Waals surface area contributed by atoms with Crippen molar-refractivity contribution in [1.29, 1.82) is 0 Å². The van der Waals surface area contributed by atoms with Crippen LogP contribution in [0.25, 0.3) is 0 Å². The fourth-order valence-corrected chi connectivity index (χ4v) is 1.21. The summed E-state index contributed by atoms with van der Waals surface area (Å²) in [6.07, 6.45) is 1.66. The monoisotopic (exact) mass is 257 g/mol. The standard InChI is InChI=1S/C7H6ClF.C5H4ClN/c1-5-2-3-6(9)4-7(5)8;6-5-3-1-2-4-7-5/h2-4H,1H3;1-4H. The molecule has 0 aliphatic carbocycles. The lowest BCUT2D eigenvalue weighted by Gasteiger charge is -1.93. The lowest BCUT2D eigenvalue weighted by Crippen LogP contribution is -1.76. The number of nitrogens with zero attached hydrogens (tertiary/aromatic N) is 1. The molecule has 0 radical (unpaired) electrons. The first-order valence-electron chi connectivity index (χ1n) is 4.58. The minimum atomic E-state index is -0.286. The van der Waals surface area contributed by atoms with Gasteiger partial charge >= 0.3 is 0 Å². The molecule has 0 atom stereocenters. The summed E-state index contributed by atoms with van der Waals surface area (Å²) in [4.78, 5) is 3.74. The van der Waals surface area contributed by atoms with E-state index in [9.17, 15) is 4.39 Å². The predicted molar refractivity (Wildman–Crippen MR) is 65.4 cm³/mol. The van der Waals surface area contributed by atoms with E-state index in [2.05, 4.69) is 4.98 Å². The molecule has 1 nitrogen and oxygen atoms in total. The van der Waals surface area contributed by atoms with Crippen LogP contribution in [0.15, 0.2) is 42.6 Å². The molecule has 1 heterocycles. The fourth-order valence-electron chi connectivity index (χ4n) is 0.909. The van der Waals surface area contributed by atoms with Crippen LogP contribution in [0.3, 0.4) is 0 Å². The van der Waals surface area contributed by atoms with Crippen molar-refractivity contribution in [3.8, 4) is 0 Å². The molecule has 0 aliphatic heterocycles. The summed E-state index contributed by atoms with van der Waals surface area (Å²) in [5.74, 6) is -0.286. The van der Waals surface area contributed by atoms with Crippen LogP contribution in [0.4, 0.5) is 4.39 Å². The van der Waals surface area contributed by atoms with E-state index in [1.165, 1.54) is 12.1 Å². The van der Waals surface area contributed by atoms with Gasteiger partial charge in [0.1, 0.15) is 11.0 Å². The first-order valence-corrected chi connectivity index (χ1v) is 5.33. The molecule has 2 rings (SSSR count). The number of aromatic nitrogens is 1. The molecule has 0 N–H and O–H groups in total. The second-order valence-electron chi connectivity index (χ2n) is 3.05. The van der Waals surface area contributed by atoms with Crippen LogP contribution in [0.5, 0.6) is 0 Å². The summed E-state index contributed by atoms with van der Waals surface area (Å²) in [6.45, 7) is 1.84. The van der Waals surface area contributed by atoms with Gasteiger partial charge in [0.2, 0.25) is 0 Å². The van der Waals surface area contributed by atoms with Gasteiger partial charge in [-0.1, -0.05) is 35.3 Å². The van der Waals surface area contributed by atoms with Crippen LogP contribution in [0.1, 0.15) is 5.56 Å². The molecular weight excluding hydrogens is 248 g/mol. The van der Waals surface area contributed by atoms with Crippen LogP contribution in [-0.4, -0.2) is 4.98 Å². The van der Waals surface area contributed by atoms with Gasteiger partial charge in [0, 0.05) is 11.2 Å². The summed E-state index contributed by atoms with van der Waals surface area (Å²) in [6, 6.07) is 9.75. The Hall–Kier alpha value is -1.12. The maximum Gasteiger partial charge on any atom is 0.129 e. The first kappa shape index (κ1) is 12.9. The van der Waals surface area contributed by atoms with Crippen LogP contribution in [-0.2, 0) is 0 Å². The van der Waals surface area contributed by atoms with Crippen molar-refractivity contribution >= 4 is 23.2 Å². The van der Waals surface area contributed by atoms with Gasteiger partial charge in [-0.05, 0) is 36.8 Å². The topological polar surface area (TPSA) is 12.9 Å². The van der Waals surface area contributed by atoms with Gasteiger partial charge in [0.25, 0.3) is 0 Å². The van der Waals surface area contributed by atoms with Crippen molar-refractivity contribution in [2.24, 2.45) is 0 Å². The SMILES string of the molecule is Cc1ccc(F)cc1Cl.Clc1ccccn1. The van der Waals surface area contributed by atoms with Crippen LogP contribution >= 0.6 is 23.2 Å². The quantitative estimate of drug-likeness (QED) is 0.633. The Labute approximate surface area is 104 Å². The second kappa shape index (κ2) is 6.46. The van der Waals surface area contributed by atoms with Gasteiger partial charge in [-0.3, -0.25) is 0 Å². The van der Waals surface area contributed by atoms with Gasteiger partial charge in [0.05, 0.1) is 0 Å². The average molecular weight is 258 g/mol. The second-order valence-corrected chi connectivity index (χ2v) is 3.84. The Bertz CT molecular complexity index is 446. The third-order valence-corrected chi connectivity index (χ3v) is 2.39. The van der Waals surface area contributed by atoms with Crippen molar-refractivity contribution in [3.05, 3.63) is 64.2 Å². The van der Waals surface area contributed by atoms with Crippen molar-refractivity contribution in [2.75, 3.05) is 0 Å². The number of benzene rings is 1. The molecule has 0 spiro atoms. The molecule has 4 heteroatoms. The molecule has 0 amide bonds. The normalized spacial score (nSPS) is 9.25. The Morgan fingerprint density at radius 2 is 1.88 bits per heavy atom. The molecule has 0 saturated heterocycles. The number of hydrogen-bond donors (Lipinski definition) is 0. The van der Waals surface area contributed by atoms with Gasteiger partial charge in [-0.2, -0.15) is 0 Å². The van der Waals surface area contributed by atoms with Crippen molar-refractivity contribution in [3.63, 3.8) is 0 Å². The summed E-state index contributed by atoms with van der Waals surface area (Å²) < 4.78 is 12.3. The van der Waals surface area contributed by atoms with Crippen molar-refractivity contribution in [2.45, 2.75) is 6.92 Å². The predicted octanol–water partition coefficient (Wildman–Crippen LogP) is 4.52. The molecule has 0 fully saturated rings. The number of hydrogen-bond acceptors (Lipinski definition) is 1. The van der Waals surface area contributed by atoms with E-state index in [-0.39, 0.29) is 5.82 Å². The molecule has 0 bridgehead atoms. The maximum atomic E-state index is 12.3. The largest absolute Gasteiger partial charge is 0.245 e. The molecule has 16 heavy (non-hydrogen) atoms. The molecule has 1 aromatic carbocycles. The minimum absolute atomic E-state index is 0.286. The lowest BCUT2D eigenvalue weighted by molar-refractivity contribution is 0.627. The minimum Gasteiger partial charge on any atom is -0.245 e. The molecule has 0 saturated carbocycles. The van der Waals surface area contributed by atoms with Crippen LogP contribution < -0.4 is 0 Å². The van der Waals surface area contributed by atoms with E-state index < -0.39 is 0 Å². The van der Waals surface area contributed by atoms with Gasteiger partial charge in [-0.15, -0.1) is 0 Å². The van der Waals surface area contributed by atoms with E-state index in [4.69, 9.17) is 23.2 Å². The molecule has 0 unspecified atom stereocenters. The van der Waals surface area contributed by atoms with Crippen LogP contribution in [0.2, 0.25) is 10.2 Å². The van der Waals surface area contributed by atoms with Gasteiger partial charge < -0.3 is 0 Å². The Morgan fingerprint density at radius 3 is 2.25 bits per heavy atom. The van der Waals surface area contributed by atoms with E-state index in [0.29, 0.717) is 10.2 Å². The van der Waals surface area contributed by atoms with Crippen molar-refractivity contribution in [1.82, 2.24) is 4.98 Å². The third kappa shape index (κ3) is 4.60. The zero-order chi connectivity index (χ0) is 12.0. The van der Waals surface area contributed by atoms with Crippen molar-refractivity contribution < 1.29 is 4.39 Å². The summed E-state index contributed by atoms with van der Waals surface area (Å²) >= 11 is 11.0. The van der Waals surface area contributed by atoms with E-state index in [0.717, 1.165) is 5.56 Å². The molecule has 84 valence electrons. The van der Waals surface area contributed by atoms with E-state index in [1.54, 1.807) is 18.3 Å². The number of rotatable bonds is 0. The number of aryl methyl sites for hydroxylation is 1. The summed E-state index contributed by atoms with van der Waals surface area (Å²) in [5, 5.41) is 1.03. The highest BCUT2D eigenvalue weighted by Gasteiger charge is 1.94. The maximum absolute atomic E-state index is 12.3. The van der Waals surface area contributed by atoms with E-state index >= 15 is 0 Å². The van der Waals surface area contributed by atoms with Crippen LogP contribution in [0, 0.1) is 12.7 Å². The highest BCUT2D eigenvalue weighted by molar-refractivity contribution is 6.31. The highest BCUT2D eigenvalue weighted by atomic mass is 35.5. The average Bonchev–Trinajstić information content (AvgIpc) is 2.26. The first-order chi connectivity index (χ1) is 7.59. The smallest absolute Gasteiger partial charge is 0.129 e. The van der Waals surface area contributed by atoms with Gasteiger partial charge in [0.15, 0.2) is 0 Å². The highest BCUT2D eigenvalue weighted by Crippen LogP contribution is 2.14. The zero-order valence-corrected chi connectivity index (χ0v) is 10.1. The Morgan fingerprint density at radius 1 is 1.12 bits per heavy atom. The molecule has 2 aromatic rings. The summed E-state index contributed by atoms with van der Waals surface area (Å²) in [7, 11) is 0.